The van der Waals surface area contributed by atoms with Crippen LogP contribution in [0.15, 0.2) is 18.2 Å². The first kappa shape index (κ1) is 11.6. The Bertz CT molecular complexity index is 585. The summed E-state index contributed by atoms with van der Waals surface area (Å²) in [6.07, 6.45) is 0. The van der Waals surface area contributed by atoms with E-state index in [1.165, 1.54) is 12.9 Å². The number of methoxy groups -OCH3 is 1. The zero-order valence-electron chi connectivity index (χ0n) is 10.7. The van der Waals surface area contributed by atoms with Crippen LogP contribution in [0.3, 0.4) is 0 Å². The molecule has 0 unspecified atom stereocenters. The molecule has 2 aromatic rings. The van der Waals surface area contributed by atoms with Crippen LogP contribution in [-0.4, -0.2) is 17.6 Å². The zero-order valence-corrected chi connectivity index (χ0v) is 10.7. The van der Waals surface area contributed by atoms with Gasteiger partial charge in [0.05, 0.1) is 26.3 Å². The lowest BCUT2D eigenvalue weighted by atomic mass is 10.2. The molecule has 0 amide bonds. The summed E-state index contributed by atoms with van der Waals surface area (Å²) in [5.74, 6) is 0.873. The van der Waals surface area contributed by atoms with Gasteiger partial charge in [0.2, 0.25) is 0 Å². The summed E-state index contributed by atoms with van der Waals surface area (Å²) in [4.78, 5) is 11.5. The third-order valence-electron chi connectivity index (χ3n) is 3.24. The van der Waals surface area contributed by atoms with E-state index in [0.717, 1.165) is 17.6 Å². The van der Waals surface area contributed by atoms with Crippen LogP contribution < -0.4 is 4.57 Å². The summed E-state index contributed by atoms with van der Waals surface area (Å²) in [5, 5.41) is 0. The molecular formula is C13H17N2O2+. The standard InChI is InChI=1S/C13H17N2O2/c1-5-15-9(2)14(3)12-8-10(13(16)17-4)6-7-11(12)15/h6-8H,5H2,1-4H3/q+1. The summed E-state index contributed by atoms with van der Waals surface area (Å²) in [5.41, 5.74) is 2.77. The molecule has 0 N–H and O–H groups in total. The lowest BCUT2D eigenvalue weighted by Crippen LogP contribution is -2.34. The van der Waals surface area contributed by atoms with Crippen molar-refractivity contribution in [1.82, 2.24) is 4.57 Å². The maximum Gasteiger partial charge on any atom is 0.338 e. The number of rotatable bonds is 2. The van der Waals surface area contributed by atoms with E-state index in [2.05, 4.69) is 23.0 Å². The van der Waals surface area contributed by atoms with E-state index in [1.54, 1.807) is 6.07 Å². The highest BCUT2D eigenvalue weighted by molar-refractivity contribution is 5.93. The molecule has 0 saturated heterocycles. The van der Waals surface area contributed by atoms with Crippen LogP contribution in [0.2, 0.25) is 0 Å². The highest BCUT2D eigenvalue weighted by Gasteiger charge is 2.19. The second-order valence-electron chi connectivity index (χ2n) is 4.05. The first-order valence-corrected chi connectivity index (χ1v) is 5.67. The number of imidazole rings is 1. The molecule has 4 heteroatoms. The predicted molar refractivity (Wildman–Crippen MR) is 64.9 cm³/mol. The van der Waals surface area contributed by atoms with Crippen molar-refractivity contribution in [2.24, 2.45) is 7.05 Å². The van der Waals surface area contributed by atoms with Gasteiger partial charge in [-0.1, -0.05) is 0 Å². The molecule has 0 aliphatic carbocycles. The number of benzene rings is 1. The number of aryl methyl sites for hydroxylation is 2. The van der Waals surface area contributed by atoms with Crippen LogP contribution in [0.5, 0.6) is 0 Å². The third-order valence-corrected chi connectivity index (χ3v) is 3.24. The van der Waals surface area contributed by atoms with Crippen LogP contribution in [-0.2, 0) is 18.3 Å². The molecule has 0 aliphatic heterocycles. The normalized spacial score (nSPS) is 10.8. The van der Waals surface area contributed by atoms with Gasteiger partial charge in [0.1, 0.15) is 0 Å². The smallest absolute Gasteiger partial charge is 0.338 e. The number of fused-ring (bicyclic) bond motifs is 1. The van der Waals surface area contributed by atoms with E-state index in [-0.39, 0.29) is 5.97 Å². The van der Waals surface area contributed by atoms with Crippen LogP contribution >= 0.6 is 0 Å². The van der Waals surface area contributed by atoms with Crippen LogP contribution in [0.4, 0.5) is 0 Å². The Morgan fingerprint density at radius 3 is 2.76 bits per heavy atom. The summed E-state index contributed by atoms with van der Waals surface area (Å²) < 4.78 is 9.04. The van der Waals surface area contributed by atoms with Gasteiger partial charge in [0.15, 0.2) is 11.0 Å². The van der Waals surface area contributed by atoms with Crippen molar-refractivity contribution in [3.8, 4) is 0 Å². The van der Waals surface area contributed by atoms with E-state index < -0.39 is 0 Å². The van der Waals surface area contributed by atoms with Crippen molar-refractivity contribution in [2.45, 2.75) is 20.4 Å². The molecule has 1 aromatic heterocycles. The zero-order chi connectivity index (χ0) is 12.6. The van der Waals surface area contributed by atoms with Gasteiger partial charge < -0.3 is 4.74 Å². The summed E-state index contributed by atoms with van der Waals surface area (Å²) in [6.45, 7) is 5.10. The number of carbonyl (C=O) groups is 1. The fourth-order valence-electron chi connectivity index (χ4n) is 2.19. The highest BCUT2D eigenvalue weighted by Crippen LogP contribution is 2.15. The fraction of sp³-hybridized carbons (Fsp3) is 0.385. The molecule has 2 rings (SSSR count). The van der Waals surface area contributed by atoms with Crippen molar-refractivity contribution in [3.05, 3.63) is 29.6 Å². The SMILES string of the molecule is CC[n+]1c(C)n(C)c2cc(C(=O)OC)ccc21. The summed E-state index contributed by atoms with van der Waals surface area (Å²) in [6, 6.07) is 5.65. The second-order valence-corrected chi connectivity index (χ2v) is 4.05. The van der Waals surface area contributed by atoms with Crippen molar-refractivity contribution < 1.29 is 14.1 Å². The molecule has 0 fully saturated rings. The van der Waals surface area contributed by atoms with Gasteiger partial charge >= 0.3 is 5.97 Å². The van der Waals surface area contributed by atoms with Crippen molar-refractivity contribution in [2.75, 3.05) is 7.11 Å². The Morgan fingerprint density at radius 2 is 2.18 bits per heavy atom. The Kier molecular flexibility index (Phi) is 2.88. The van der Waals surface area contributed by atoms with Crippen molar-refractivity contribution in [1.29, 1.82) is 0 Å². The molecule has 0 spiro atoms. The minimum Gasteiger partial charge on any atom is -0.465 e. The minimum absolute atomic E-state index is 0.297. The molecule has 0 saturated carbocycles. The van der Waals surface area contributed by atoms with E-state index in [9.17, 15) is 4.79 Å². The Morgan fingerprint density at radius 1 is 1.47 bits per heavy atom. The molecule has 1 heterocycles. The molecule has 0 radical (unpaired) electrons. The number of hydrogen-bond acceptors (Lipinski definition) is 2. The van der Waals surface area contributed by atoms with Gasteiger partial charge in [-0.2, -0.15) is 0 Å². The Balaban J connectivity index is 2.70. The third kappa shape index (κ3) is 1.69. The number of carbonyl (C=O) groups excluding carboxylic acids is 1. The molecule has 17 heavy (non-hydrogen) atoms. The van der Waals surface area contributed by atoms with Crippen molar-refractivity contribution >= 4 is 17.0 Å². The van der Waals surface area contributed by atoms with Crippen LogP contribution in [0.25, 0.3) is 11.0 Å². The topological polar surface area (TPSA) is 35.1 Å². The van der Waals surface area contributed by atoms with Crippen LogP contribution in [0, 0.1) is 6.92 Å². The van der Waals surface area contributed by atoms with Crippen molar-refractivity contribution in [3.63, 3.8) is 0 Å². The van der Waals surface area contributed by atoms with E-state index in [4.69, 9.17) is 4.74 Å². The Hall–Kier alpha value is -1.84. The minimum atomic E-state index is -0.297. The van der Waals surface area contributed by atoms with E-state index in [0.29, 0.717) is 5.56 Å². The lowest BCUT2D eigenvalue weighted by molar-refractivity contribution is -0.674. The number of ether oxygens (including phenoxy) is 1. The predicted octanol–water partition coefficient (Wildman–Crippen LogP) is 1.58. The quantitative estimate of drug-likeness (QED) is 0.583. The van der Waals surface area contributed by atoms with Gasteiger partial charge in [-0.3, -0.25) is 0 Å². The largest absolute Gasteiger partial charge is 0.465 e. The molecule has 0 aliphatic rings. The Labute approximate surface area is 100 Å². The first-order chi connectivity index (χ1) is 8.10. The first-order valence-electron chi connectivity index (χ1n) is 5.67. The molecule has 1 aromatic carbocycles. The average Bonchev–Trinajstić information content (AvgIpc) is 2.60. The number of esters is 1. The number of nitrogens with zero attached hydrogens (tertiary/aromatic N) is 2. The van der Waals surface area contributed by atoms with Gasteiger partial charge in [-0.25, -0.2) is 13.9 Å². The fourth-order valence-corrected chi connectivity index (χ4v) is 2.19. The van der Waals surface area contributed by atoms with E-state index >= 15 is 0 Å². The van der Waals surface area contributed by atoms with Gasteiger partial charge in [-0.15, -0.1) is 0 Å². The monoisotopic (exact) mass is 233 g/mol. The number of aromatic nitrogens is 2. The number of hydrogen-bond donors (Lipinski definition) is 0. The molecule has 90 valence electrons. The summed E-state index contributed by atoms with van der Waals surface area (Å²) >= 11 is 0. The lowest BCUT2D eigenvalue weighted by Gasteiger charge is -1.98. The van der Waals surface area contributed by atoms with Crippen LogP contribution in [0.1, 0.15) is 23.1 Å². The van der Waals surface area contributed by atoms with Gasteiger partial charge in [-0.05, 0) is 19.1 Å². The van der Waals surface area contributed by atoms with E-state index in [1.807, 2.05) is 19.2 Å². The second kappa shape index (κ2) is 4.20. The maximum atomic E-state index is 11.5. The molecule has 0 bridgehead atoms. The summed E-state index contributed by atoms with van der Waals surface area (Å²) in [7, 11) is 3.40. The molecular weight excluding hydrogens is 216 g/mol. The molecule has 4 nitrogen and oxygen atoms in total. The van der Waals surface area contributed by atoms with Gasteiger partial charge in [0, 0.05) is 13.0 Å². The average molecular weight is 233 g/mol. The van der Waals surface area contributed by atoms with Gasteiger partial charge in [0.25, 0.3) is 5.82 Å². The maximum absolute atomic E-state index is 11.5. The molecule has 0 atom stereocenters. The highest BCUT2D eigenvalue weighted by atomic mass is 16.5.